The zero-order valence-electron chi connectivity index (χ0n) is 28.0. The lowest BCUT2D eigenvalue weighted by atomic mass is 9.98. The number of imidazole rings is 1. The molecule has 0 amide bonds. The van der Waals surface area contributed by atoms with Gasteiger partial charge in [-0.2, -0.15) is 0 Å². The van der Waals surface area contributed by atoms with Crippen LogP contribution in [0.5, 0.6) is 0 Å². The molecule has 0 unspecified atom stereocenters. The molecule has 0 bridgehead atoms. The van der Waals surface area contributed by atoms with Crippen molar-refractivity contribution in [2.75, 3.05) is 4.90 Å². The summed E-state index contributed by atoms with van der Waals surface area (Å²) in [4.78, 5) is 22.4. The Morgan fingerprint density at radius 1 is 0.423 bits per heavy atom. The van der Waals surface area contributed by atoms with Crippen LogP contribution in [0.4, 0.5) is 17.3 Å². The van der Waals surface area contributed by atoms with Gasteiger partial charge in [-0.25, -0.2) is 15.0 Å². The van der Waals surface area contributed by atoms with Gasteiger partial charge in [-0.1, -0.05) is 115 Å². The smallest absolute Gasteiger partial charge is 0.220 e. The summed E-state index contributed by atoms with van der Waals surface area (Å²) in [5.41, 5.74) is 14.0. The second-order valence-electron chi connectivity index (χ2n) is 12.8. The molecule has 6 nitrogen and oxygen atoms in total. The summed E-state index contributed by atoms with van der Waals surface area (Å²) >= 11 is 0. The molecule has 0 fully saturated rings. The zero-order chi connectivity index (χ0) is 34.4. The molecule has 0 N–H and O–H groups in total. The van der Waals surface area contributed by atoms with Gasteiger partial charge in [0, 0.05) is 45.8 Å². The molecule has 6 aromatic carbocycles. The highest BCUT2D eigenvalue weighted by Crippen LogP contribution is 2.48. The fourth-order valence-electron chi connectivity index (χ4n) is 7.21. The van der Waals surface area contributed by atoms with Crippen LogP contribution in [-0.4, -0.2) is 24.5 Å². The number of anilines is 3. The zero-order valence-corrected chi connectivity index (χ0v) is 28.0. The van der Waals surface area contributed by atoms with Crippen LogP contribution in [0, 0.1) is 0 Å². The Balaban J connectivity index is 1.27. The number of rotatable bonds is 5. The van der Waals surface area contributed by atoms with Crippen LogP contribution < -0.4 is 4.90 Å². The Morgan fingerprint density at radius 2 is 1.04 bits per heavy atom. The van der Waals surface area contributed by atoms with Crippen molar-refractivity contribution in [2.24, 2.45) is 0 Å². The SMILES string of the molecule is c1ccc(-c2cc(-c3cc(-c4cccnc4)cc(N4c5ccccc5-c5ccccc5-n5c4nc4ccccc45)c3)nc(-c3ccccc3)n2)cc1. The van der Waals surface area contributed by atoms with E-state index in [0.29, 0.717) is 5.82 Å². The van der Waals surface area contributed by atoms with E-state index in [4.69, 9.17) is 15.0 Å². The fourth-order valence-corrected chi connectivity index (χ4v) is 7.21. The molecule has 0 atom stereocenters. The van der Waals surface area contributed by atoms with Crippen molar-refractivity contribution >= 4 is 28.4 Å². The van der Waals surface area contributed by atoms with Crippen molar-refractivity contribution in [1.82, 2.24) is 24.5 Å². The van der Waals surface area contributed by atoms with Gasteiger partial charge in [-0.3, -0.25) is 14.5 Å². The summed E-state index contributed by atoms with van der Waals surface area (Å²) in [5.74, 6) is 1.48. The third kappa shape index (κ3) is 5.05. The molecule has 3 aromatic heterocycles. The van der Waals surface area contributed by atoms with E-state index in [1.807, 2.05) is 60.9 Å². The number of para-hydroxylation sites is 4. The Morgan fingerprint density at radius 3 is 1.81 bits per heavy atom. The molecular formula is C46H30N6. The minimum Gasteiger partial charge on any atom is -0.280 e. The summed E-state index contributed by atoms with van der Waals surface area (Å²) in [6.45, 7) is 0. The summed E-state index contributed by atoms with van der Waals surface area (Å²) in [5, 5.41) is 0. The van der Waals surface area contributed by atoms with Crippen LogP contribution in [0.2, 0.25) is 0 Å². The predicted molar refractivity (Wildman–Crippen MR) is 210 cm³/mol. The number of fused-ring (bicyclic) bond motifs is 7. The highest BCUT2D eigenvalue weighted by atomic mass is 15.3. The monoisotopic (exact) mass is 666 g/mol. The van der Waals surface area contributed by atoms with Crippen molar-refractivity contribution < 1.29 is 0 Å². The standard InChI is InChI=1S/C46H30N6/c1-3-14-31(15-4-1)40-29-41(49-45(48-40)32-16-5-2-6-17-32)35-26-34(33-18-13-25-47-30-33)27-36(28-35)51-42-22-10-7-19-37(42)38-20-8-11-23-43(38)52-44-24-12-9-21-39(44)50-46(51)52/h1-30H. The maximum Gasteiger partial charge on any atom is 0.220 e. The van der Waals surface area contributed by atoms with E-state index < -0.39 is 0 Å². The van der Waals surface area contributed by atoms with Gasteiger partial charge in [0.2, 0.25) is 5.95 Å². The van der Waals surface area contributed by atoms with E-state index in [0.717, 1.165) is 84.4 Å². The maximum absolute atomic E-state index is 5.33. The van der Waals surface area contributed by atoms with Gasteiger partial charge in [0.15, 0.2) is 5.82 Å². The molecule has 10 rings (SSSR count). The van der Waals surface area contributed by atoms with E-state index in [9.17, 15) is 0 Å². The Labute approximate surface area is 301 Å². The Hall–Kier alpha value is -7.18. The molecule has 4 heterocycles. The van der Waals surface area contributed by atoms with Gasteiger partial charge in [0.05, 0.1) is 39.5 Å². The summed E-state index contributed by atoms with van der Waals surface area (Å²) in [6, 6.07) is 58.8. The topological polar surface area (TPSA) is 59.7 Å². The number of hydrogen-bond acceptors (Lipinski definition) is 5. The molecular weight excluding hydrogens is 637 g/mol. The lowest BCUT2D eigenvalue weighted by Gasteiger charge is -2.26. The van der Waals surface area contributed by atoms with Crippen LogP contribution in [0.1, 0.15) is 0 Å². The van der Waals surface area contributed by atoms with E-state index >= 15 is 0 Å². The van der Waals surface area contributed by atoms with Crippen LogP contribution in [0.3, 0.4) is 0 Å². The molecule has 0 saturated heterocycles. The molecule has 0 saturated carbocycles. The fraction of sp³-hybridized carbons (Fsp3) is 0. The van der Waals surface area contributed by atoms with Crippen molar-refractivity contribution in [2.45, 2.75) is 0 Å². The van der Waals surface area contributed by atoms with E-state index in [2.05, 4.69) is 136 Å². The predicted octanol–water partition coefficient (Wildman–Crippen LogP) is 11.3. The third-order valence-corrected chi connectivity index (χ3v) is 9.62. The number of pyridine rings is 1. The van der Waals surface area contributed by atoms with Gasteiger partial charge in [0.1, 0.15) is 0 Å². The minimum atomic E-state index is 0.669. The maximum atomic E-state index is 5.33. The second kappa shape index (κ2) is 12.3. The third-order valence-electron chi connectivity index (χ3n) is 9.62. The average Bonchev–Trinajstić information content (AvgIpc) is 3.55. The molecule has 0 radical (unpaired) electrons. The normalized spacial score (nSPS) is 11.8. The lowest BCUT2D eigenvalue weighted by molar-refractivity contribution is 1.05. The molecule has 0 spiro atoms. The van der Waals surface area contributed by atoms with Gasteiger partial charge >= 0.3 is 0 Å². The van der Waals surface area contributed by atoms with Crippen molar-refractivity contribution in [3.8, 4) is 61.8 Å². The number of nitrogens with zero attached hydrogens (tertiary/aromatic N) is 6. The number of hydrogen-bond donors (Lipinski definition) is 0. The minimum absolute atomic E-state index is 0.669. The molecule has 1 aliphatic rings. The van der Waals surface area contributed by atoms with Gasteiger partial charge < -0.3 is 0 Å². The molecule has 52 heavy (non-hydrogen) atoms. The highest BCUT2D eigenvalue weighted by Gasteiger charge is 2.29. The number of aromatic nitrogens is 5. The van der Waals surface area contributed by atoms with Gasteiger partial charge in [-0.05, 0) is 60.2 Å². The van der Waals surface area contributed by atoms with Crippen LogP contribution >= 0.6 is 0 Å². The van der Waals surface area contributed by atoms with Gasteiger partial charge in [-0.15, -0.1) is 0 Å². The quantitative estimate of drug-likeness (QED) is 0.183. The van der Waals surface area contributed by atoms with Crippen molar-refractivity contribution in [3.63, 3.8) is 0 Å². The highest BCUT2D eigenvalue weighted by molar-refractivity contribution is 5.97. The second-order valence-corrected chi connectivity index (χ2v) is 12.8. The van der Waals surface area contributed by atoms with Crippen molar-refractivity contribution in [3.05, 3.63) is 182 Å². The van der Waals surface area contributed by atoms with Crippen molar-refractivity contribution in [1.29, 1.82) is 0 Å². The van der Waals surface area contributed by atoms with E-state index in [1.54, 1.807) is 0 Å². The Kier molecular flexibility index (Phi) is 7.03. The number of benzene rings is 6. The molecule has 6 heteroatoms. The molecule has 0 aliphatic carbocycles. The molecule has 1 aliphatic heterocycles. The first-order valence-electron chi connectivity index (χ1n) is 17.3. The summed E-state index contributed by atoms with van der Waals surface area (Å²) in [7, 11) is 0. The van der Waals surface area contributed by atoms with Gasteiger partial charge in [0.25, 0.3) is 0 Å². The summed E-state index contributed by atoms with van der Waals surface area (Å²) in [6.07, 6.45) is 3.72. The van der Waals surface area contributed by atoms with Crippen LogP contribution in [-0.2, 0) is 0 Å². The summed E-state index contributed by atoms with van der Waals surface area (Å²) < 4.78 is 2.28. The van der Waals surface area contributed by atoms with Crippen LogP contribution in [0.25, 0.3) is 72.9 Å². The largest absolute Gasteiger partial charge is 0.280 e. The molecule has 244 valence electrons. The van der Waals surface area contributed by atoms with Crippen LogP contribution in [0.15, 0.2) is 182 Å². The molecule has 9 aromatic rings. The Bertz CT molecular complexity index is 2680. The van der Waals surface area contributed by atoms with E-state index in [1.165, 1.54) is 0 Å². The first-order valence-corrected chi connectivity index (χ1v) is 17.3. The first-order chi connectivity index (χ1) is 25.8. The van der Waals surface area contributed by atoms with E-state index in [-0.39, 0.29) is 0 Å². The average molecular weight is 667 g/mol. The lowest BCUT2D eigenvalue weighted by Crippen LogP contribution is -2.14. The first kappa shape index (κ1) is 29.7.